The van der Waals surface area contributed by atoms with Gasteiger partial charge >= 0.3 is 12.1 Å². The Kier molecular flexibility index (Phi) is 6.58. The number of rotatable bonds is 5. The number of ether oxygens (including phenoxy) is 2. The van der Waals surface area contributed by atoms with Crippen LogP contribution in [0.5, 0.6) is 0 Å². The van der Waals surface area contributed by atoms with E-state index in [0.29, 0.717) is 5.56 Å². The Balaban J connectivity index is 2.89. The zero-order valence-corrected chi connectivity index (χ0v) is 13.3. The van der Waals surface area contributed by atoms with E-state index < -0.39 is 35.9 Å². The van der Waals surface area contributed by atoms with Crippen molar-refractivity contribution in [1.29, 1.82) is 0 Å². The zero-order chi connectivity index (χ0) is 16.8. The van der Waals surface area contributed by atoms with Crippen molar-refractivity contribution in [2.75, 3.05) is 6.07 Å². The lowest BCUT2D eigenvalue weighted by Gasteiger charge is -2.25. The number of alkyl halides is 1. The van der Waals surface area contributed by atoms with Crippen LogP contribution in [-0.2, 0) is 14.3 Å². The Morgan fingerprint density at radius 2 is 2.14 bits per heavy atom. The predicted molar refractivity (Wildman–Crippen MR) is 79.2 cm³/mol. The highest BCUT2D eigenvalue weighted by Crippen LogP contribution is 2.18. The lowest BCUT2D eigenvalue weighted by Crippen LogP contribution is -2.47. The number of aliphatic hydroxyl groups excluding tert-OH is 1. The number of hydrogen-bond donors (Lipinski definition) is 2. The van der Waals surface area contributed by atoms with Crippen LogP contribution in [-0.4, -0.2) is 39.9 Å². The summed E-state index contributed by atoms with van der Waals surface area (Å²) in [5, 5.41) is 12.6. The summed E-state index contributed by atoms with van der Waals surface area (Å²) in [7, 11) is 0. The second-order valence-corrected chi connectivity index (χ2v) is 5.65. The number of alkyl carbamates (subject to hydrolysis) is 1. The van der Waals surface area contributed by atoms with Crippen molar-refractivity contribution in [3.05, 3.63) is 30.1 Å². The molecule has 2 unspecified atom stereocenters. The molecule has 122 valence electrons. The molecule has 8 heteroatoms. The summed E-state index contributed by atoms with van der Waals surface area (Å²) >= 11 is 5.35. The SMILES string of the molecule is CC(C)(C)OC(=O)NC(C(=O)OCCl)C(O)c1cccnc1. The van der Waals surface area contributed by atoms with E-state index in [1.54, 1.807) is 32.9 Å². The van der Waals surface area contributed by atoms with Gasteiger partial charge in [-0.25, -0.2) is 9.59 Å². The largest absolute Gasteiger partial charge is 0.448 e. The first-order valence-corrected chi connectivity index (χ1v) is 7.08. The van der Waals surface area contributed by atoms with Crippen molar-refractivity contribution >= 4 is 23.7 Å². The molecule has 1 rings (SSSR count). The summed E-state index contributed by atoms with van der Waals surface area (Å²) in [4.78, 5) is 27.6. The number of hydrogen-bond acceptors (Lipinski definition) is 6. The van der Waals surface area contributed by atoms with Crippen molar-refractivity contribution in [3.63, 3.8) is 0 Å². The van der Waals surface area contributed by atoms with Crippen LogP contribution in [0.3, 0.4) is 0 Å². The maximum absolute atomic E-state index is 11.9. The molecular formula is C14H19ClN2O5. The number of pyridine rings is 1. The fourth-order valence-electron chi connectivity index (χ4n) is 1.59. The standard InChI is InChI=1S/C14H19ClN2O5/c1-14(2,3)22-13(20)17-10(12(19)21-8-15)11(18)9-5-4-6-16-7-9/h4-7,10-11,18H,8H2,1-3H3,(H,17,20). The van der Waals surface area contributed by atoms with Crippen molar-refractivity contribution in [2.24, 2.45) is 0 Å². The lowest BCUT2D eigenvalue weighted by atomic mass is 10.0. The van der Waals surface area contributed by atoms with Gasteiger partial charge in [-0.3, -0.25) is 4.98 Å². The molecule has 0 aliphatic rings. The minimum atomic E-state index is -1.36. The van der Waals surface area contributed by atoms with Gasteiger partial charge in [0.05, 0.1) is 0 Å². The average Bonchev–Trinajstić information content (AvgIpc) is 2.43. The van der Waals surface area contributed by atoms with E-state index in [-0.39, 0.29) is 0 Å². The molecule has 0 radical (unpaired) electrons. The molecule has 0 aliphatic heterocycles. The zero-order valence-electron chi connectivity index (χ0n) is 12.6. The molecule has 0 bridgehead atoms. The Morgan fingerprint density at radius 1 is 1.45 bits per heavy atom. The number of aliphatic hydroxyl groups is 1. The highest BCUT2D eigenvalue weighted by atomic mass is 35.5. The van der Waals surface area contributed by atoms with Gasteiger partial charge < -0.3 is 19.9 Å². The quantitative estimate of drug-likeness (QED) is 0.630. The van der Waals surface area contributed by atoms with Gasteiger partial charge in [-0.05, 0) is 26.8 Å². The van der Waals surface area contributed by atoms with E-state index in [1.165, 1.54) is 12.4 Å². The molecular weight excluding hydrogens is 312 g/mol. The van der Waals surface area contributed by atoms with Gasteiger partial charge in [-0.15, -0.1) is 0 Å². The number of amides is 1. The summed E-state index contributed by atoms with van der Waals surface area (Å²) < 4.78 is 9.72. The average molecular weight is 331 g/mol. The molecule has 1 aromatic rings. The first-order chi connectivity index (χ1) is 10.2. The third-order valence-electron chi connectivity index (χ3n) is 2.46. The summed E-state index contributed by atoms with van der Waals surface area (Å²) in [5.74, 6) is -0.878. The van der Waals surface area contributed by atoms with Crippen molar-refractivity contribution in [3.8, 4) is 0 Å². The molecule has 0 saturated carbocycles. The number of carbonyl (C=O) groups is 2. The van der Waals surface area contributed by atoms with Gasteiger partial charge in [0.15, 0.2) is 12.1 Å². The molecule has 0 saturated heterocycles. The van der Waals surface area contributed by atoms with Crippen LogP contribution in [0.4, 0.5) is 4.79 Å². The molecule has 0 spiro atoms. The van der Waals surface area contributed by atoms with E-state index in [9.17, 15) is 14.7 Å². The van der Waals surface area contributed by atoms with Gasteiger partial charge in [0.2, 0.25) is 0 Å². The van der Waals surface area contributed by atoms with Crippen LogP contribution in [0.1, 0.15) is 32.4 Å². The molecule has 1 amide bonds. The number of esters is 1. The van der Waals surface area contributed by atoms with Crippen LogP contribution in [0.15, 0.2) is 24.5 Å². The number of aromatic nitrogens is 1. The molecule has 22 heavy (non-hydrogen) atoms. The molecule has 0 aromatic carbocycles. The van der Waals surface area contributed by atoms with Gasteiger partial charge in [0, 0.05) is 18.0 Å². The Bertz CT molecular complexity index is 504. The summed E-state index contributed by atoms with van der Waals surface area (Å²) in [6, 6.07) is 1.40. The van der Waals surface area contributed by atoms with Gasteiger partial charge in [0.1, 0.15) is 11.7 Å². The predicted octanol–water partition coefficient (Wildman–Crippen LogP) is 1.75. The van der Waals surface area contributed by atoms with Crippen LogP contribution < -0.4 is 5.32 Å². The smallest absolute Gasteiger partial charge is 0.408 e. The molecule has 7 nitrogen and oxygen atoms in total. The van der Waals surface area contributed by atoms with Crippen LogP contribution >= 0.6 is 11.6 Å². The molecule has 1 aromatic heterocycles. The Hall–Kier alpha value is -1.86. The van der Waals surface area contributed by atoms with Crippen molar-refractivity contribution in [2.45, 2.75) is 38.5 Å². The summed E-state index contributed by atoms with van der Waals surface area (Å²) in [5.41, 5.74) is -0.403. The summed E-state index contributed by atoms with van der Waals surface area (Å²) in [6.07, 6.45) is 0.690. The minimum absolute atomic E-state index is 0.343. The number of halogens is 1. The Morgan fingerprint density at radius 3 is 2.64 bits per heavy atom. The van der Waals surface area contributed by atoms with Crippen molar-refractivity contribution < 1.29 is 24.2 Å². The number of carbonyl (C=O) groups excluding carboxylic acids is 2. The third kappa shape index (κ3) is 5.87. The molecule has 1 heterocycles. The lowest BCUT2D eigenvalue weighted by molar-refractivity contribution is -0.147. The van der Waals surface area contributed by atoms with Gasteiger partial charge in [-0.1, -0.05) is 17.7 Å². The Labute approximate surface area is 133 Å². The minimum Gasteiger partial charge on any atom is -0.448 e. The monoisotopic (exact) mass is 330 g/mol. The summed E-state index contributed by atoms with van der Waals surface area (Å²) in [6.45, 7) is 5.03. The second-order valence-electron chi connectivity index (χ2n) is 5.43. The van der Waals surface area contributed by atoms with E-state index in [0.717, 1.165) is 0 Å². The highest BCUT2D eigenvalue weighted by molar-refractivity contribution is 6.17. The van der Waals surface area contributed by atoms with E-state index in [1.807, 2.05) is 0 Å². The third-order valence-corrected chi connectivity index (χ3v) is 2.57. The second kappa shape index (κ2) is 7.95. The van der Waals surface area contributed by atoms with Crippen LogP contribution in [0.2, 0.25) is 0 Å². The first-order valence-electron chi connectivity index (χ1n) is 6.54. The number of nitrogens with zero attached hydrogens (tertiary/aromatic N) is 1. The maximum Gasteiger partial charge on any atom is 0.408 e. The van der Waals surface area contributed by atoms with Crippen LogP contribution in [0.25, 0.3) is 0 Å². The van der Waals surface area contributed by atoms with Gasteiger partial charge in [0.25, 0.3) is 0 Å². The fraction of sp³-hybridized carbons (Fsp3) is 0.500. The fourth-order valence-corrected chi connectivity index (χ4v) is 1.70. The highest BCUT2D eigenvalue weighted by Gasteiger charge is 2.32. The van der Waals surface area contributed by atoms with Crippen LogP contribution in [0, 0.1) is 0 Å². The molecule has 0 fully saturated rings. The molecule has 0 aliphatic carbocycles. The maximum atomic E-state index is 11.9. The molecule has 2 N–H and O–H groups in total. The normalized spacial score (nSPS) is 13.9. The van der Waals surface area contributed by atoms with E-state index in [4.69, 9.17) is 16.3 Å². The van der Waals surface area contributed by atoms with E-state index in [2.05, 4.69) is 15.0 Å². The van der Waals surface area contributed by atoms with Crippen molar-refractivity contribution in [1.82, 2.24) is 10.3 Å². The number of nitrogens with one attached hydrogen (secondary N) is 1. The topological polar surface area (TPSA) is 97.8 Å². The van der Waals surface area contributed by atoms with E-state index >= 15 is 0 Å². The van der Waals surface area contributed by atoms with Gasteiger partial charge in [-0.2, -0.15) is 0 Å². The molecule has 2 atom stereocenters. The first kappa shape index (κ1) is 18.2.